The summed E-state index contributed by atoms with van der Waals surface area (Å²) in [7, 11) is 0. The number of aromatic nitrogens is 4. The van der Waals surface area contributed by atoms with Gasteiger partial charge in [0.15, 0.2) is 0 Å². The number of rotatable bonds is 2. The van der Waals surface area contributed by atoms with Crippen LogP contribution in [0.15, 0.2) is 42.9 Å². The zero-order chi connectivity index (χ0) is 15.7. The van der Waals surface area contributed by atoms with Crippen LogP contribution in [0.4, 0.5) is 19.1 Å². The van der Waals surface area contributed by atoms with Gasteiger partial charge in [0.05, 0.1) is 16.8 Å². The summed E-state index contributed by atoms with van der Waals surface area (Å²) in [5.41, 5.74) is 6.32. The molecule has 0 radical (unpaired) electrons. The molecule has 112 valence electrons. The van der Waals surface area contributed by atoms with Crippen molar-refractivity contribution in [2.24, 2.45) is 0 Å². The smallest absolute Gasteiger partial charge is 0.368 e. The first-order valence-corrected chi connectivity index (χ1v) is 6.25. The van der Waals surface area contributed by atoms with E-state index in [9.17, 15) is 13.2 Å². The summed E-state index contributed by atoms with van der Waals surface area (Å²) in [5.74, 6) is 0.542. The Balaban J connectivity index is 2.10. The molecule has 8 heteroatoms. The van der Waals surface area contributed by atoms with Crippen LogP contribution >= 0.6 is 0 Å². The predicted octanol–water partition coefficient (Wildman–Crippen LogP) is 3.13. The number of aromatic amines is 1. The average Bonchev–Trinajstić information content (AvgIpc) is 3.00. The quantitative estimate of drug-likeness (QED) is 0.762. The van der Waals surface area contributed by atoms with E-state index >= 15 is 0 Å². The minimum absolute atomic E-state index is 0.0326. The van der Waals surface area contributed by atoms with Gasteiger partial charge in [-0.05, 0) is 12.1 Å². The number of hydrogen-bond donors (Lipinski definition) is 2. The van der Waals surface area contributed by atoms with Crippen molar-refractivity contribution in [1.29, 1.82) is 0 Å². The molecule has 22 heavy (non-hydrogen) atoms. The van der Waals surface area contributed by atoms with Crippen LogP contribution in [0, 0.1) is 0 Å². The van der Waals surface area contributed by atoms with Crippen LogP contribution in [0.3, 0.4) is 0 Å². The van der Waals surface area contributed by atoms with E-state index in [1.165, 1.54) is 18.3 Å². The summed E-state index contributed by atoms with van der Waals surface area (Å²) >= 11 is 0. The molecule has 0 aliphatic heterocycles. The summed E-state index contributed by atoms with van der Waals surface area (Å²) in [6, 6.07) is 4.69. The second-order valence-corrected chi connectivity index (χ2v) is 4.50. The molecule has 0 saturated heterocycles. The van der Waals surface area contributed by atoms with Gasteiger partial charge < -0.3 is 10.7 Å². The molecule has 0 saturated carbocycles. The summed E-state index contributed by atoms with van der Waals surface area (Å²) in [6.45, 7) is 0. The van der Waals surface area contributed by atoms with Gasteiger partial charge >= 0.3 is 6.18 Å². The number of alkyl halides is 3. The topological polar surface area (TPSA) is 80.5 Å². The maximum Gasteiger partial charge on any atom is 0.416 e. The number of nitrogens with one attached hydrogen (secondary N) is 1. The zero-order valence-corrected chi connectivity index (χ0v) is 11.1. The van der Waals surface area contributed by atoms with Crippen molar-refractivity contribution < 1.29 is 13.2 Å². The van der Waals surface area contributed by atoms with Crippen LogP contribution in [0.2, 0.25) is 0 Å². The van der Waals surface area contributed by atoms with Gasteiger partial charge in [0.2, 0.25) is 5.95 Å². The molecule has 0 amide bonds. The highest BCUT2D eigenvalue weighted by Gasteiger charge is 2.30. The molecule has 5 nitrogen and oxygen atoms in total. The summed E-state index contributed by atoms with van der Waals surface area (Å²) in [4.78, 5) is 15.0. The number of H-pyrrole nitrogens is 1. The van der Waals surface area contributed by atoms with Crippen LogP contribution in [-0.2, 0) is 6.18 Å². The third-order valence-electron chi connectivity index (χ3n) is 3.05. The van der Waals surface area contributed by atoms with Gasteiger partial charge in [-0.1, -0.05) is 12.1 Å². The lowest BCUT2D eigenvalue weighted by Crippen LogP contribution is -2.04. The second-order valence-electron chi connectivity index (χ2n) is 4.50. The highest BCUT2D eigenvalue weighted by Crippen LogP contribution is 2.33. The molecule has 0 aliphatic carbocycles. The fourth-order valence-electron chi connectivity index (χ4n) is 2.02. The third kappa shape index (κ3) is 2.62. The van der Waals surface area contributed by atoms with Gasteiger partial charge in [0.1, 0.15) is 5.82 Å². The standard InChI is InChI=1S/C14H10F3N5/c15-14(16,17)9-3-1-8(2-4-9)11-10(7-21-13(18)22-11)12-19-5-6-20-12/h1-7H,(H,19,20)(H2,18,21,22). The largest absolute Gasteiger partial charge is 0.416 e. The fourth-order valence-corrected chi connectivity index (χ4v) is 2.02. The van der Waals surface area contributed by atoms with Gasteiger partial charge in [-0.15, -0.1) is 0 Å². The van der Waals surface area contributed by atoms with E-state index in [4.69, 9.17) is 5.73 Å². The zero-order valence-electron chi connectivity index (χ0n) is 11.1. The van der Waals surface area contributed by atoms with E-state index in [2.05, 4.69) is 19.9 Å². The second kappa shape index (κ2) is 5.14. The Bertz CT molecular complexity index is 779. The average molecular weight is 305 g/mol. The third-order valence-corrected chi connectivity index (χ3v) is 3.05. The minimum atomic E-state index is -4.38. The van der Waals surface area contributed by atoms with Gasteiger partial charge in [-0.2, -0.15) is 13.2 Å². The monoisotopic (exact) mass is 305 g/mol. The van der Waals surface area contributed by atoms with Gasteiger partial charge in [-0.3, -0.25) is 0 Å². The minimum Gasteiger partial charge on any atom is -0.368 e. The van der Waals surface area contributed by atoms with Crippen LogP contribution < -0.4 is 5.73 Å². The van der Waals surface area contributed by atoms with Gasteiger partial charge in [0.25, 0.3) is 0 Å². The molecule has 0 spiro atoms. The Labute approximate surface area is 123 Å². The number of nitrogens with zero attached hydrogens (tertiary/aromatic N) is 3. The van der Waals surface area contributed by atoms with E-state index < -0.39 is 11.7 Å². The van der Waals surface area contributed by atoms with Crippen LogP contribution in [-0.4, -0.2) is 19.9 Å². The Morgan fingerprint density at radius 3 is 2.36 bits per heavy atom. The molecule has 0 bridgehead atoms. The van der Waals surface area contributed by atoms with E-state index in [1.54, 1.807) is 12.4 Å². The van der Waals surface area contributed by atoms with Crippen molar-refractivity contribution in [3.05, 3.63) is 48.4 Å². The number of nitrogens with two attached hydrogens (primary N) is 1. The normalized spacial score (nSPS) is 11.6. The molecule has 0 aliphatic rings. The first-order valence-electron chi connectivity index (χ1n) is 6.25. The Morgan fingerprint density at radius 1 is 1.05 bits per heavy atom. The molecule has 0 atom stereocenters. The summed E-state index contributed by atoms with van der Waals surface area (Å²) < 4.78 is 37.9. The molecule has 0 unspecified atom stereocenters. The number of anilines is 1. The highest BCUT2D eigenvalue weighted by atomic mass is 19.4. The molecule has 3 aromatic rings. The molecular weight excluding hydrogens is 295 g/mol. The molecule has 0 fully saturated rings. The van der Waals surface area contributed by atoms with Crippen molar-refractivity contribution in [2.45, 2.75) is 6.18 Å². The lowest BCUT2D eigenvalue weighted by Gasteiger charge is -2.10. The van der Waals surface area contributed by atoms with Crippen LogP contribution in [0.25, 0.3) is 22.6 Å². The summed E-state index contributed by atoms with van der Waals surface area (Å²) in [5, 5.41) is 0. The molecule has 2 heterocycles. The highest BCUT2D eigenvalue weighted by molar-refractivity contribution is 5.77. The maximum absolute atomic E-state index is 12.6. The van der Waals surface area contributed by atoms with Crippen molar-refractivity contribution in [1.82, 2.24) is 19.9 Å². The predicted molar refractivity (Wildman–Crippen MR) is 74.5 cm³/mol. The molecular formula is C14H10F3N5. The number of halogens is 3. The van der Waals surface area contributed by atoms with Crippen molar-refractivity contribution in [3.8, 4) is 22.6 Å². The van der Waals surface area contributed by atoms with Gasteiger partial charge in [0, 0.05) is 24.2 Å². The Morgan fingerprint density at radius 2 is 1.77 bits per heavy atom. The fraction of sp³-hybridized carbons (Fsp3) is 0.0714. The lowest BCUT2D eigenvalue weighted by atomic mass is 10.0. The maximum atomic E-state index is 12.6. The first-order chi connectivity index (χ1) is 10.4. The summed E-state index contributed by atoms with van der Waals surface area (Å²) in [6.07, 6.45) is 0.283. The molecule has 3 rings (SSSR count). The van der Waals surface area contributed by atoms with E-state index in [0.29, 0.717) is 22.6 Å². The number of imidazole rings is 1. The van der Waals surface area contributed by atoms with E-state index in [0.717, 1.165) is 12.1 Å². The Kier molecular flexibility index (Phi) is 3.28. The lowest BCUT2D eigenvalue weighted by molar-refractivity contribution is -0.137. The Hall–Kier alpha value is -2.90. The molecule has 1 aromatic carbocycles. The van der Waals surface area contributed by atoms with Gasteiger partial charge in [-0.25, -0.2) is 15.0 Å². The number of benzene rings is 1. The van der Waals surface area contributed by atoms with Crippen molar-refractivity contribution in [3.63, 3.8) is 0 Å². The molecule has 3 N–H and O–H groups in total. The van der Waals surface area contributed by atoms with Crippen molar-refractivity contribution in [2.75, 3.05) is 5.73 Å². The van der Waals surface area contributed by atoms with Crippen molar-refractivity contribution >= 4 is 5.95 Å². The first kappa shape index (κ1) is 14.1. The number of hydrogen-bond acceptors (Lipinski definition) is 4. The van der Waals surface area contributed by atoms with E-state index in [1.807, 2.05) is 0 Å². The van der Waals surface area contributed by atoms with Crippen LogP contribution in [0.1, 0.15) is 5.56 Å². The SMILES string of the molecule is Nc1ncc(-c2ncc[nH]2)c(-c2ccc(C(F)(F)F)cc2)n1. The molecule has 2 aromatic heterocycles. The van der Waals surface area contributed by atoms with Crippen LogP contribution in [0.5, 0.6) is 0 Å². The van der Waals surface area contributed by atoms with E-state index in [-0.39, 0.29) is 5.95 Å². The number of nitrogen functional groups attached to an aromatic ring is 1.